The van der Waals surface area contributed by atoms with E-state index in [2.05, 4.69) is 9.88 Å². The van der Waals surface area contributed by atoms with Crippen molar-refractivity contribution in [2.75, 3.05) is 46.9 Å². The van der Waals surface area contributed by atoms with E-state index >= 15 is 0 Å². The first-order valence-electron chi connectivity index (χ1n) is 7.18. The van der Waals surface area contributed by atoms with E-state index in [-0.39, 0.29) is 12.4 Å². The Labute approximate surface area is 140 Å². The molecule has 0 aliphatic carbocycles. The quantitative estimate of drug-likeness (QED) is 0.827. The molecule has 0 aromatic carbocycles. The molecule has 128 valence electrons. The summed E-state index contributed by atoms with van der Waals surface area (Å²) in [5.41, 5.74) is 0.531. The van der Waals surface area contributed by atoms with Gasteiger partial charge in [0.25, 0.3) is 12.4 Å². The highest BCUT2D eigenvalue weighted by molar-refractivity contribution is 6.30. The highest BCUT2D eigenvalue weighted by atomic mass is 35.5. The Hall–Kier alpha value is -1.70. The van der Waals surface area contributed by atoms with Crippen LogP contribution in [-0.4, -0.2) is 79.2 Å². The Morgan fingerprint density at radius 3 is 2.87 bits per heavy atom. The summed E-state index contributed by atoms with van der Waals surface area (Å²) in [7, 11) is 4.05. The number of carbonyl (C=O) groups is 2. The molecule has 1 aromatic rings. The van der Waals surface area contributed by atoms with Gasteiger partial charge in [0.15, 0.2) is 0 Å². The second kappa shape index (κ2) is 10.1. The minimum absolute atomic E-state index is 0.0331. The molecule has 1 aromatic heterocycles. The van der Waals surface area contributed by atoms with Gasteiger partial charge in [-0.25, -0.2) is 0 Å². The normalized spacial score (nSPS) is 17.9. The second-order valence-electron chi connectivity index (χ2n) is 5.45. The number of pyridine rings is 1. The highest BCUT2D eigenvalue weighted by Gasteiger charge is 2.24. The van der Waals surface area contributed by atoms with E-state index in [1.807, 2.05) is 19.0 Å². The van der Waals surface area contributed by atoms with E-state index in [1.54, 1.807) is 12.3 Å². The molecule has 1 atom stereocenters. The minimum atomic E-state index is -0.250. The third-order valence-electron chi connectivity index (χ3n) is 3.20. The molecule has 0 bridgehead atoms. The zero-order chi connectivity index (χ0) is 17.2. The van der Waals surface area contributed by atoms with Crippen LogP contribution in [0.5, 0.6) is 0 Å². The molecule has 1 N–H and O–H groups in total. The van der Waals surface area contributed by atoms with E-state index in [1.165, 1.54) is 6.20 Å². The van der Waals surface area contributed by atoms with Gasteiger partial charge in [-0.1, -0.05) is 11.6 Å². The predicted molar refractivity (Wildman–Crippen MR) is 86.7 cm³/mol. The fourth-order valence-corrected chi connectivity index (χ4v) is 2.58. The summed E-state index contributed by atoms with van der Waals surface area (Å²) in [6.45, 7) is 3.22. The Kier molecular flexibility index (Phi) is 8.53. The number of hydrogen-bond acceptors (Lipinski definition) is 5. The van der Waals surface area contributed by atoms with Crippen LogP contribution in [0.3, 0.4) is 0 Å². The molecule has 1 unspecified atom stereocenters. The maximum absolute atomic E-state index is 12.5. The van der Waals surface area contributed by atoms with E-state index in [0.717, 1.165) is 6.54 Å². The number of aromatic nitrogens is 1. The second-order valence-corrected chi connectivity index (χ2v) is 5.89. The summed E-state index contributed by atoms with van der Waals surface area (Å²) in [6, 6.07) is 1.66. The first-order chi connectivity index (χ1) is 11.0. The summed E-state index contributed by atoms with van der Waals surface area (Å²) in [4.78, 5) is 28.8. The molecular formula is C15H22ClN3O4. The molecule has 2 rings (SSSR count). The van der Waals surface area contributed by atoms with Crippen LogP contribution in [0.2, 0.25) is 5.02 Å². The minimum Gasteiger partial charge on any atom is -0.483 e. The molecule has 2 heterocycles. The van der Waals surface area contributed by atoms with Gasteiger partial charge in [-0.2, -0.15) is 0 Å². The van der Waals surface area contributed by atoms with Crippen molar-refractivity contribution in [3.05, 3.63) is 29.0 Å². The van der Waals surface area contributed by atoms with Crippen LogP contribution >= 0.6 is 11.6 Å². The lowest BCUT2D eigenvalue weighted by Gasteiger charge is -2.25. The fourth-order valence-electron chi connectivity index (χ4n) is 2.40. The zero-order valence-corrected chi connectivity index (χ0v) is 14.1. The number of ether oxygens (including phenoxy) is 1. The molecular weight excluding hydrogens is 322 g/mol. The first-order valence-corrected chi connectivity index (χ1v) is 7.55. The van der Waals surface area contributed by atoms with E-state index in [9.17, 15) is 4.79 Å². The van der Waals surface area contributed by atoms with Crippen molar-refractivity contribution in [2.24, 2.45) is 5.92 Å². The lowest BCUT2D eigenvalue weighted by atomic mass is 10.1. The largest absolute Gasteiger partial charge is 0.483 e. The van der Waals surface area contributed by atoms with Gasteiger partial charge in [0.2, 0.25) is 0 Å². The first kappa shape index (κ1) is 19.3. The maximum Gasteiger partial charge on any atom is 0.290 e. The van der Waals surface area contributed by atoms with Crippen LogP contribution in [0.25, 0.3) is 0 Å². The topological polar surface area (TPSA) is 83.0 Å². The number of amides is 1. The number of carboxylic acid groups (broad SMARTS) is 1. The molecule has 7 nitrogen and oxygen atoms in total. The lowest BCUT2D eigenvalue weighted by Crippen LogP contribution is -2.38. The van der Waals surface area contributed by atoms with E-state index in [4.69, 9.17) is 26.2 Å². The Bertz CT molecular complexity index is 513. The third-order valence-corrected chi connectivity index (χ3v) is 3.41. The van der Waals surface area contributed by atoms with Crippen molar-refractivity contribution < 1.29 is 19.4 Å². The fraction of sp³-hybridized carbons (Fsp3) is 0.533. The summed E-state index contributed by atoms with van der Waals surface area (Å²) in [5.74, 6) is 0.290. The molecule has 8 heteroatoms. The predicted octanol–water partition coefficient (Wildman–Crippen LogP) is 1.09. The van der Waals surface area contributed by atoms with Gasteiger partial charge >= 0.3 is 0 Å². The van der Waals surface area contributed by atoms with Crippen LogP contribution in [0.4, 0.5) is 0 Å². The molecule has 0 spiro atoms. The van der Waals surface area contributed by atoms with E-state index in [0.29, 0.717) is 42.8 Å². The third kappa shape index (κ3) is 6.94. The van der Waals surface area contributed by atoms with Crippen molar-refractivity contribution in [1.82, 2.24) is 14.8 Å². The molecule has 1 aliphatic heterocycles. The number of hydrogen-bond donors (Lipinski definition) is 1. The number of nitrogens with zero attached hydrogens (tertiary/aromatic N) is 3. The molecule has 1 amide bonds. The zero-order valence-electron chi connectivity index (χ0n) is 13.3. The standard InChI is InChI=1S/C14H20ClN3O2.CH2O2/c1-17(2)8-11-9-18(3-4-20-10-11)14(19)12-5-13(15)7-16-6-12;2-1-3/h5-7,11H,3-4,8-10H2,1-2H3;1H,(H,2,3). The van der Waals surface area contributed by atoms with Crippen molar-refractivity contribution in [1.29, 1.82) is 0 Å². The van der Waals surface area contributed by atoms with Gasteiger partial charge in [0, 0.05) is 37.9 Å². The average molecular weight is 344 g/mol. The van der Waals surface area contributed by atoms with Crippen LogP contribution in [-0.2, 0) is 9.53 Å². The van der Waals surface area contributed by atoms with Crippen LogP contribution in [0.15, 0.2) is 18.5 Å². The van der Waals surface area contributed by atoms with Gasteiger partial charge in [-0.3, -0.25) is 14.6 Å². The van der Waals surface area contributed by atoms with Crippen LogP contribution in [0.1, 0.15) is 10.4 Å². The average Bonchev–Trinajstić information content (AvgIpc) is 2.72. The Morgan fingerprint density at radius 2 is 2.26 bits per heavy atom. The molecule has 23 heavy (non-hydrogen) atoms. The summed E-state index contributed by atoms with van der Waals surface area (Å²) >= 11 is 5.89. The van der Waals surface area contributed by atoms with Crippen molar-refractivity contribution in [3.8, 4) is 0 Å². The van der Waals surface area contributed by atoms with Crippen LogP contribution < -0.4 is 0 Å². The highest BCUT2D eigenvalue weighted by Crippen LogP contribution is 2.14. The van der Waals surface area contributed by atoms with Gasteiger partial charge in [0.05, 0.1) is 23.8 Å². The van der Waals surface area contributed by atoms with Crippen molar-refractivity contribution in [2.45, 2.75) is 0 Å². The smallest absolute Gasteiger partial charge is 0.290 e. The molecule has 1 saturated heterocycles. The van der Waals surface area contributed by atoms with Gasteiger partial charge in [0.1, 0.15) is 0 Å². The number of halogens is 1. The Balaban J connectivity index is 0.000000816. The van der Waals surface area contributed by atoms with E-state index < -0.39 is 0 Å². The molecule has 1 aliphatic rings. The Morgan fingerprint density at radius 1 is 1.57 bits per heavy atom. The maximum atomic E-state index is 12.5. The molecule has 0 saturated carbocycles. The lowest BCUT2D eigenvalue weighted by molar-refractivity contribution is -0.122. The monoisotopic (exact) mass is 343 g/mol. The van der Waals surface area contributed by atoms with Crippen molar-refractivity contribution in [3.63, 3.8) is 0 Å². The molecule has 1 fully saturated rings. The van der Waals surface area contributed by atoms with Crippen LogP contribution in [0, 0.1) is 5.92 Å². The van der Waals surface area contributed by atoms with Gasteiger partial charge < -0.3 is 19.6 Å². The SMILES string of the molecule is CN(C)CC1COCCN(C(=O)c2cncc(Cl)c2)C1.O=CO. The summed E-state index contributed by atoms with van der Waals surface area (Å²) in [6.07, 6.45) is 3.08. The van der Waals surface area contributed by atoms with Gasteiger partial charge in [-0.15, -0.1) is 0 Å². The van der Waals surface area contributed by atoms with Crippen molar-refractivity contribution >= 4 is 24.0 Å². The number of carbonyl (C=O) groups excluding carboxylic acids is 1. The molecule has 0 radical (unpaired) electrons. The summed E-state index contributed by atoms with van der Waals surface area (Å²) in [5, 5.41) is 7.37. The van der Waals surface area contributed by atoms with Gasteiger partial charge in [-0.05, 0) is 20.2 Å². The summed E-state index contributed by atoms with van der Waals surface area (Å²) < 4.78 is 5.59. The number of rotatable bonds is 3.